The molecule has 6 nitrogen and oxygen atoms in total. The molecule has 0 unspecified atom stereocenters. The number of hydrogen-bond donors (Lipinski definition) is 2. The molecule has 23 heavy (non-hydrogen) atoms. The molecule has 0 heterocycles. The Kier molecular flexibility index (Phi) is 8.72. The molecule has 0 saturated heterocycles. The van der Waals surface area contributed by atoms with E-state index in [0.29, 0.717) is 17.2 Å². The first kappa shape index (κ1) is 18.9. The number of benzene rings is 1. The van der Waals surface area contributed by atoms with Crippen LogP contribution >= 0.6 is 0 Å². The molecule has 0 spiro atoms. The molecule has 0 bridgehead atoms. The van der Waals surface area contributed by atoms with Crippen LogP contribution < -0.4 is 24.8 Å². The lowest BCUT2D eigenvalue weighted by Crippen LogP contribution is -2.38. The number of ether oxygens (including phenoxy) is 3. The fourth-order valence-electron chi connectivity index (χ4n) is 2.28. The number of hydrogen-bond acceptors (Lipinski definition) is 4. The molecule has 0 radical (unpaired) electrons. The van der Waals surface area contributed by atoms with Crippen LogP contribution in [0.4, 0.5) is 0 Å². The third-order valence-electron chi connectivity index (χ3n) is 3.52. The van der Waals surface area contributed by atoms with Gasteiger partial charge in [-0.05, 0) is 18.9 Å². The van der Waals surface area contributed by atoms with Crippen LogP contribution in [0.1, 0.15) is 25.3 Å². The summed E-state index contributed by atoms with van der Waals surface area (Å²) in [4.78, 5) is 4.21. The number of nitrogens with zero attached hydrogens (tertiary/aromatic N) is 1. The van der Waals surface area contributed by atoms with Crippen molar-refractivity contribution in [3.05, 3.63) is 17.7 Å². The molecule has 0 fully saturated rings. The fourth-order valence-corrected chi connectivity index (χ4v) is 2.28. The SMILES string of the molecule is CCCCNC(=NC)NCCc1ccc(OC)c(OC)c1OC. The lowest BCUT2D eigenvalue weighted by atomic mass is 10.1. The number of rotatable bonds is 9. The average Bonchev–Trinajstić information content (AvgIpc) is 2.59. The Morgan fingerprint density at radius 1 is 1.00 bits per heavy atom. The molecular formula is C17H29N3O3. The van der Waals surface area contributed by atoms with Gasteiger partial charge in [-0.2, -0.15) is 0 Å². The van der Waals surface area contributed by atoms with E-state index in [9.17, 15) is 0 Å². The molecule has 0 aliphatic carbocycles. The van der Waals surface area contributed by atoms with Gasteiger partial charge in [0.1, 0.15) is 0 Å². The van der Waals surface area contributed by atoms with Crippen LogP contribution in [0.15, 0.2) is 17.1 Å². The van der Waals surface area contributed by atoms with Crippen molar-refractivity contribution >= 4 is 5.96 Å². The summed E-state index contributed by atoms with van der Waals surface area (Å²) < 4.78 is 16.2. The molecule has 1 aromatic rings. The van der Waals surface area contributed by atoms with Gasteiger partial charge >= 0.3 is 0 Å². The lowest BCUT2D eigenvalue weighted by molar-refractivity contribution is 0.322. The van der Waals surface area contributed by atoms with Crippen molar-refractivity contribution in [2.45, 2.75) is 26.2 Å². The highest BCUT2D eigenvalue weighted by atomic mass is 16.5. The Morgan fingerprint density at radius 3 is 2.26 bits per heavy atom. The van der Waals surface area contributed by atoms with Gasteiger partial charge < -0.3 is 24.8 Å². The summed E-state index contributed by atoms with van der Waals surface area (Å²) >= 11 is 0. The van der Waals surface area contributed by atoms with Crippen LogP contribution in [-0.4, -0.2) is 47.4 Å². The molecule has 0 amide bonds. The highest BCUT2D eigenvalue weighted by Gasteiger charge is 2.15. The van der Waals surface area contributed by atoms with Crippen molar-refractivity contribution in [3.8, 4) is 17.2 Å². The number of unbranched alkanes of at least 4 members (excludes halogenated alkanes) is 1. The van der Waals surface area contributed by atoms with Crippen LogP contribution in [-0.2, 0) is 6.42 Å². The summed E-state index contributed by atoms with van der Waals surface area (Å²) in [7, 11) is 6.64. The quantitative estimate of drug-likeness (QED) is 0.414. The standard InChI is InChI=1S/C17H29N3O3/c1-6-7-11-19-17(18-2)20-12-10-13-8-9-14(21-3)16(23-5)15(13)22-4/h8-9H,6-7,10-12H2,1-5H3,(H2,18,19,20). The molecular weight excluding hydrogens is 294 g/mol. The Bertz CT molecular complexity index is 504. The zero-order valence-corrected chi connectivity index (χ0v) is 14.9. The van der Waals surface area contributed by atoms with Crippen molar-refractivity contribution in [1.29, 1.82) is 0 Å². The van der Waals surface area contributed by atoms with E-state index in [1.807, 2.05) is 12.1 Å². The number of methoxy groups -OCH3 is 3. The number of nitrogens with one attached hydrogen (secondary N) is 2. The third kappa shape index (κ3) is 5.54. The Morgan fingerprint density at radius 2 is 1.70 bits per heavy atom. The maximum absolute atomic E-state index is 5.49. The molecule has 0 aromatic heterocycles. The highest BCUT2D eigenvalue weighted by Crippen LogP contribution is 2.39. The van der Waals surface area contributed by atoms with Crippen LogP contribution in [0.25, 0.3) is 0 Å². The second-order valence-electron chi connectivity index (χ2n) is 5.02. The Labute approximate surface area is 139 Å². The molecule has 2 N–H and O–H groups in total. The zero-order chi connectivity index (χ0) is 17.1. The maximum Gasteiger partial charge on any atom is 0.203 e. The van der Waals surface area contributed by atoms with Gasteiger partial charge in [-0.1, -0.05) is 19.4 Å². The minimum absolute atomic E-state index is 0.623. The van der Waals surface area contributed by atoms with E-state index in [2.05, 4.69) is 22.5 Å². The van der Waals surface area contributed by atoms with E-state index in [1.54, 1.807) is 28.4 Å². The number of guanidine groups is 1. The summed E-state index contributed by atoms with van der Waals surface area (Å²) in [6, 6.07) is 3.89. The van der Waals surface area contributed by atoms with E-state index in [-0.39, 0.29) is 0 Å². The van der Waals surface area contributed by atoms with Crippen LogP contribution in [0, 0.1) is 0 Å². The molecule has 0 aliphatic rings. The summed E-state index contributed by atoms with van der Waals surface area (Å²) in [6.07, 6.45) is 3.08. The van der Waals surface area contributed by atoms with Crippen molar-refractivity contribution in [2.75, 3.05) is 41.5 Å². The maximum atomic E-state index is 5.49. The normalized spacial score (nSPS) is 11.1. The molecule has 130 valence electrons. The van der Waals surface area contributed by atoms with E-state index in [0.717, 1.165) is 43.9 Å². The zero-order valence-electron chi connectivity index (χ0n) is 14.9. The van der Waals surface area contributed by atoms with Crippen molar-refractivity contribution in [3.63, 3.8) is 0 Å². The van der Waals surface area contributed by atoms with E-state index in [4.69, 9.17) is 14.2 Å². The average molecular weight is 323 g/mol. The minimum Gasteiger partial charge on any atom is -0.493 e. The predicted octanol–water partition coefficient (Wildman–Crippen LogP) is 2.22. The first-order valence-electron chi connectivity index (χ1n) is 7.94. The molecule has 0 saturated carbocycles. The summed E-state index contributed by atoms with van der Waals surface area (Å²) in [5.41, 5.74) is 1.06. The van der Waals surface area contributed by atoms with Gasteiger partial charge in [-0.25, -0.2) is 0 Å². The second kappa shape index (κ2) is 10.6. The van der Waals surface area contributed by atoms with Gasteiger partial charge in [0.2, 0.25) is 5.75 Å². The summed E-state index contributed by atoms with van der Waals surface area (Å²) in [5.74, 6) is 2.82. The minimum atomic E-state index is 0.623. The molecule has 1 aromatic carbocycles. The van der Waals surface area contributed by atoms with Gasteiger partial charge in [-0.3, -0.25) is 4.99 Å². The van der Waals surface area contributed by atoms with Gasteiger partial charge in [-0.15, -0.1) is 0 Å². The lowest BCUT2D eigenvalue weighted by Gasteiger charge is -2.16. The van der Waals surface area contributed by atoms with Crippen LogP contribution in [0.2, 0.25) is 0 Å². The van der Waals surface area contributed by atoms with Crippen molar-refractivity contribution < 1.29 is 14.2 Å². The van der Waals surface area contributed by atoms with Gasteiger partial charge in [0, 0.05) is 25.7 Å². The van der Waals surface area contributed by atoms with Crippen LogP contribution in [0.3, 0.4) is 0 Å². The van der Waals surface area contributed by atoms with Gasteiger partial charge in [0.25, 0.3) is 0 Å². The monoisotopic (exact) mass is 323 g/mol. The molecule has 0 atom stereocenters. The fraction of sp³-hybridized carbons (Fsp3) is 0.588. The molecule has 1 rings (SSSR count). The van der Waals surface area contributed by atoms with Gasteiger partial charge in [0.05, 0.1) is 21.3 Å². The Balaban J connectivity index is 2.67. The Hall–Kier alpha value is -2.11. The summed E-state index contributed by atoms with van der Waals surface area (Å²) in [6.45, 7) is 3.84. The topological polar surface area (TPSA) is 64.1 Å². The first-order valence-corrected chi connectivity index (χ1v) is 7.94. The van der Waals surface area contributed by atoms with Crippen molar-refractivity contribution in [1.82, 2.24) is 10.6 Å². The van der Waals surface area contributed by atoms with Gasteiger partial charge in [0.15, 0.2) is 17.5 Å². The number of aliphatic imine (C=N–C) groups is 1. The smallest absolute Gasteiger partial charge is 0.203 e. The molecule has 0 aliphatic heterocycles. The molecule has 6 heteroatoms. The van der Waals surface area contributed by atoms with E-state index in [1.165, 1.54) is 0 Å². The van der Waals surface area contributed by atoms with E-state index >= 15 is 0 Å². The van der Waals surface area contributed by atoms with Crippen LogP contribution in [0.5, 0.6) is 17.2 Å². The highest BCUT2D eigenvalue weighted by molar-refractivity contribution is 5.79. The predicted molar refractivity (Wildman–Crippen MR) is 94.1 cm³/mol. The first-order chi connectivity index (χ1) is 11.2. The second-order valence-corrected chi connectivity index (χ2v) is 5.02. The third-order valence-corrected chi connectivity index (χ3v) is 3.52. The van der Waals surface area contributed by atoms with E-state index < -0.39 is 0 Å². The van der Waals surface area contributed by atoms with Crippen molar-refractivity contribution in [2.24, 2.45) is 4.99 Å². The largest absolute Gasteiger partial charge is 0.493 e. The summed E-state index contributed by atoms with van der Waals surface area (Å²) in [5, 5.41) is 6.59.